The third-order valence-electron chi connectivity index (χ3n) is 2.37. The summed E-state index contributed by atoms with van der Waals surface area (Å²) < 4.78 is 0. The SMILES string of the molecule is CCNC(=O)C(C)NC(=O)c1ccc(C#N)cc1. The highest BCUT2D eigenvalue weighted by atomic mass is 16.2. The van der Waals surface area contributed by atoms with Crippen molar-refractivity contribution in [2.75, 3.05) is 6.54 Å². The molecule has 1 aromatic rings. The lowest BCUT2D eigenvalue weighted by Crippen LogP contribution is -2.44. The molecule has 18 heavy (non-hydrogen) atoms. The van der Waals surface area contributed by atoms with E-state index in [1.165, 1.54) is 0 Å². The van der Waals surface area contributed by atoms with Crippen LogP contribution in [-0.2, 0) is 4.79 Å². The monoisotopic (exact) mass is 245 g/mol. The van der Waals surface area contributed by atoms with Crippen LogP contribution in [0.3, 0.4) is 0 Å². The van der Waals surface area contributed by atoms with Gasteiger partial charge in [-0.2, -0.15) is 5.26 Å². The van der Waals surface area contributed by atoms with Gasteiger partial charge in [0, 0.05) is 12.1 Å². The van der Waals surface area contributed by atoms with E-state index < -0.39 is 6.04 Å². The predicted molar refractivity (Wildman–Crippen MR) is 66.8 cm³/mol. The van der Waals surface area contributed by atoms with Gasteiger partial charge in [0.2, 0.25) is 5.91 Å². The first-order valence-corrected chi connectivity index (χ1v) is 5.67. The van der Waals surface area contributed by atoms with Gasteiger partial charge in [0.05, 0.1) is 11.6 Å². The molecule has 5 heteroatoms. The summed E-state index contributed by atoms with van der Waals surface area (Å²) in [6.07, 6.45) is 0. The molecule has 0 aliphatic rings. The quantitative estimate of drug-likeness (QED) is 0.823. The summed E-state index contributed by atoms with van der Waals surface area (Å²) in [5, 5.41) is 13.8. The molecule has 2 N–H and O–H groups in total. The minimum absolute atomic E-state index is 0.223. The Balaban J connectivity index is 2.65. The van der Waals surface area contributed by atoms with Crippen LogP contribution in [0.15, 0.2) is 24.3 Å². The number of carbonyl (C=O) groups is 2. The Hall–Kier alpha value is -2.35. The predicted octanol–water partition coefficient (Wildman–Crippen LogP) is 0.813. The number of hydrogen-bond acceptors (Lipinski definition) is 3. The first-order chi connectivity index (χ1) is 8.58. The second-order valence-corrected chi connectivity index (χ2v) is 3.78. The Bertz CT molecular complexity index is 474. The van der Waals surface area contributed by atoms with Crippen molar-refractivity contribution in [3.8, 4) is 6.07 Å². The summed E-state index contributed by atoms with van der Waals surface area (Å²) in [4.78, 5) is 23.2. The van der Waals surface area contributed by atoms with Crippen LogP contribution >= 0.6 is 0 Å². The minimum Gasteiger partial charge on any atom is -0.355 e. The Morgan fingerprint density at radius 1 is 1.33 bits per heavy atom. The molecule has 1 rings (SSSR count). The molecule has 1 atom stereocenters. The molecule has 0 fully saturated rings. The maximum atomic E-state index is 11.8. The molecule has 94 valence electrons. The van der Waals surface area contributed by atoms with Crippen molar-refractivity contribution in [3.05, 3.63) is 35.4 Å². The molecule has 0 saturated heterocycles. The standard InChI is InChI=1S/C13H15N3O2/c1-3-15-12(17)9(2)16-13(18)11-6-4-10(8-14)5-7-11/h4-7,9H,3H2,1-2H3,(H,15,17)(H,16,18). The molecule has 5 nitrogen and oxygen atoms in total. The fourth-order valence-electron chi connectivity index (χ4n) is 1.37. The maximum absolute atomic E-state index is 11.8. The zero-order valence-electron chi connectivity index (χ0n) is 10.4. The van der Waals surface area contributed by atoms with Crippen LogP contribution in [0, 0.1) is 11.3 Å². The first-order valence-electron chi connectivity index (χ1n) is 5.67. The van der Waals surface area contributed by atoms with E-state index in [0.717, 1.165) is 0 Å². The first kappa shape index (κ1) is 13.7. The second kappa shape index (κ2) is 6.40. The van der Waals surface area contributed by atoms with Crippen molar-refractivity contribution in [2.45, 2.75) is 19.9 Å². The largest absolute Gasteiger partial charge is 0.355 e. The van der Waals surface area contributed by atoms with Gasteiger partial charge < -0.3 is 10.6 Å². The molecule has 0 radical (unpaired) electrons. The second-order valence-electron chi connectivity index (χ2n) is 3.78. The zero-order valence-corrected chi connectivity index (χ0v) is 10.4. The number of nitrogens with zero attached hydrogens (tertiary/aromatic N) is 1. The van der Waals surface area contributed by atoms with Gasteiger partial charge in [-0.3, -0.25) is 9.59 Å². The van der Waals surface area contributed by atoms with Crippen molar-refractivity contribution >= 4 is 11.8 Å². The highest BCUT2D eigenvalue weighted by Crippen LogP contribution is 2.03. The van der Waals surface area contributed by atoms with E-state index in [-0.39, 0.29) is 11.8 Å². The summed E-state index contributed by atoms with van der Waals surface area (Å²) in [5.41, 5.74) is 0.911. The number of benzene rings is 1. The molecule has 0 saturated carbocycles. The summed E-state index contributed by atoms with van der Waals surface area (Å²) >= 11 is 0. The van der Waals surface area contributed by atoms with Crippen LogP contribution in [0.5, 0.6) is 0 Å². The molecule has 1 unspecified atom stereocenters. The van der Waals surface area contributed by atoms with Crippen LogP contribution in [-0.4, -0.2) is 24.4 Å². The number of carbonyl (C=O) groups excluding carboxylic acids is 2. The minimum atomic E-state index is -0.590. The number of rotatable bonds is 4. The summed E-state index contributed by atoms with van der Waals surface area (Å²) in [5.74, 6) is -0.558. The van der Waals surface area contributed by atoms with Gasteiger partial charge >= 0.3 is 0 Å². The topological polar surface area (TPSA) is 82.0 Å². The molecule has 0 aliphatic carbocycles. The normalized spacial score (nSPS) is 11.2. The van der Waals surface area contributed by atoms with Gasteiger partial charge in [0.15, 0.2) is 0 Å². The molecule has 0 aromatic heterocycles. The number of amides is 2. The average molecular weight is 245 g/mol. The average Bonchev–Trinajstić information content (AvgIpc) is 2.39. The lowest BCUT2D eigenvalue weighted by Gasteiger charge is -2.13. The maximum Gasteiger partial charge on any atom is 0.251 e. The number of hydrogen-bond donors (Lipinski definition) is 2. The summed E-state index contributed by atoms with van der Waals surface area (Å²) in [6, 6.07) is 7.61. The Kier molecular flexibility index (Phi) is 4.88. The zero-order chi connectivity index (χ0) is 13.5. The molecule has 2 amide bonds. The molecule has 0 spiro atoms. The smallest absolute Gasteiger partial charge is 0.251 e. The van der Waals surface area contributed by atoms with E-state index in [2.05, 4.69) is 10.6 Å². The van der Waals surface area contributed by atoms with E-state index in [1.54, 1.807) is 31.2 Å². The highest BCUT2D eigenvalue weighted by molar-refractivity contribution is 5.97. The Labute approximate surface area is 106 Å². The fourth-order valence-corrected chi connectivity index (χ4v) is 1.37. The van der Waals surface area contributed by atoms with Gasteiger partial charge in [-0.25, -0.2) is 0 Å². The van der Waals surface area contributed by atoms with E-state index in [9.17, 15) is 9.59 Å². The molecular formula is C13H15N3O2. The fraction of sp³-hybridized carbons (Fsp3) is 0.308. The Morgan fingerprint density at radius 2 is 1.94 bits per heavy atom. The van der Waals surface area contributed by atoms with Crippen LogP contribution in [0.4, 0.5) is 0 Å². The van der Waals surface area contributed by atoms with Gasteiger partial charge in [0.25, 0.3) is 5.91 Å². The van der Waals surface area contributed by atoms with Crippen LogP contribution in [0.1, 0.15) is 29.8 Å². The van der Waals surface area contributed by atoms with Gasteiger partial charge in [-0.05, 0) is 38.1 Å². The summed E-state index contributed by atoms with van der Waals surface area (Å²) in [6.45, 7) is 3.95. The highest BCUT2D eigenvalue weighted by Gasteiger charge is 2.15. The number of likely N-dealkylation sites (N-methyl/N-ethyl adjacent to an activating group) is 1. The van der Waals surface area contributed by atoms with E-state index >= 15 is 0 Å². The molecule has 0 bridgehead atoms. The molecule has 0 heterocycles. The Morgan fingerprint density at radius 3 is 2.44 bits per heavy atom. The number of nitriles is 1. The van der Waals surface area contributed by atoms with Crippen molar-refractivity contribution in [1.82, 2.24) is 10.6 Å². The lowest BCUT2D eigenvalue weighted by atomic mass is 10.1. The van der Waals surface area contributed by atoms with Crippen LogP contribution in [0.25, 0.3) is 0 Å². The van der Waals surface area contributed by atoms with E-state index in [1.807, 2.05) is 13.0 Å². The molecule has 1 aromatic carbocycles. The van der Waals surface area contributed by atoms with E-state index in [4.69, 9.17) is 5.26 Å². The van der Waals surface area contributed by atoms with Gasteiger partial charge in [-0.1, -0.05) is 0 Å². The van der Waals surface area contributed by atoms with Crippen LogP contribution < -0.4 is 10.6 Å². The van der Waals surface area contributed by atoms with Crippen molar-refractivity contribution in [2.24, 2.45) is 0 Å². The van der Waals surface area contributed by atoms with Crippen LogP contribution in [0.2, 0.25) is 0 Å². The van der Waals surface area contributed by atoms with Crippen molar-refractivity contribution in [3.63, 3.8) is 0 Å². The van der Waals surface area contributed by atoms with Gasteiger partial charge in [-0.15, -0.1) is 0 Å². The van der Waals surface area contributed by atoms with Crippen molar-refractivity contribution < 1.29 is 9.59 Å². The molecule has 0 aliphatic heterocycles. The third-order valence-corrected chi connectivity index (χ3v) is 2.37. The number of nitrogens with one attached hydrogen (secondary N) is 2. The summed E-state index contributed by atoms with van der Waals surface area (Å²) in [7, 11) is 0. The van der Waals surface area contributed by atoms with Crippen molar-refractivity contribution in [1.29, 1.82) is 5.26 Å². The van der Waals surface area contributed by atoms with E-state index in [0.29, 0.717) is 17.7 Å². The third kappa shape index (κ3) is 3.59. The van der Waals surface area contributed by atoms with Gasteiger partial charge in [0.1, 0.15) is 6.04 Å². The molecular weight excluding hydrogens is 230 g/mol. The lowest BCUT2D eigenvalue weighted by molar-refractivity contribution is -0.122.